The molecule has 2 aromatic carbocycles. The van der Waals surface area contributed by atoms with Gasteiger partial charge in [0.2, 0.25) is 0 Å². The van der Waals surface area contributed by atoms with Crippen LogP contribution in [0.1, 0.15) is 11.1 Å². The molecule has 0 unspecified atom stereocenters. The highest BCUT2D eigenvalue weighted by Crippen LogP contribution is 2.30. The Hall–Kier alpha value is -2.64. The summed E-state index contributed by atoms with van der Waals surface area (Å²) in [5.74, 6) is -0.380. The summed E-state index contributed by atoms with van der Waals surface area (Å²) in [6.45, 7) is 1.91. The number of hydrogen-bond donors (Lipinski definition) is 1. The van der Waals surface area contributed by atoms with E-state index in [0.717, 1.165) is 11.3 Å². The molecule has 0 atom stereocenters. The van der Waals surface area contributed by atoms with Crippen molar-refractivity contribution in [3.63, 3.8) is 0 Å². The molecular weight excluding hydrogens is 301 g/mol. The maximum absolute atomic E-state index is 13.5. The predicted molar refractivity (Wildman–Crippen MR) is 85.9 cm³/mol. The topological polar surface area (TPSA) is 48.7 Å². The van der Waals surface area contributed by atoms with Crippen molar-refractivity contribution in [2.24, 2.45) is 0 Å². The van der Waals surface area contributed by atoms with Gasteiger partial charge in [-0.15, -0.1) is 0 Å². The van der Waals surface area contributed by atoms with Gasteiger partial charge < -0.3 is 5.32 Å². The zero-order valence-electron chi connectivity index (χ0n) is 11.7. The SMILES string of the molecule is Cc1ccc(Nc2c(C#N)cnc3ccc(F)cc23)cc1Cl. The van der Waals surface area contributed by atoms with Gasteiger partial charge in [0.15, 0.2) is 0 Å². The summed E-state index contributed by atoms with van der Waals surface area (Å²) < 4.78 is 13.5. The van der Waals surface area contributed by atoms with Crippen LogP contribution >= 0.6 is 11.6 Å². The number of hydrogen-bond acceptors (Lipinski definition) is 3. The smallest absolute Gasteiger partial charge is 0.124 e. The van der Waals surface area contributed by atoms with Crippen LogP contribution in [0, 0.1) is 24.1 Å². The molecule has 0 bridgehead atoms. The van der Waals surface area contributed by atoms with Crippen molar-refractivity contribution in [3.05, 3.63) is 64.6 Å². The van der Waals surface area contributed by atoms with Gasteiger partial charge in [-0.2, -0.15) is 5.26 Å². The fraction of sp³-hybridized carbons (Fsp3) is 0.0588. The van der Waals surface area contributed by atoms with E-state index in [9.17, 15) is 9.65 Å². The summed E-state index contributed by atoms with van der Waals surface area (Å²) in [5, 5.41) is 13.6. The molecule has 0 aliphatic carbocycles. The molecule has 0 aliphatic heterocycles. The van der Waals surface area contributed by atoms with Crippen LogP contribution in [0.15, 0.2) is 42.6 Å². The van der Waals surface area contributed by atoms with Gasteiger partial charge in [0.25, 0.3) is 0 Å². The number of nitriles is 1. The molecule has 22 heavy (non-hydrogen) atoms. The van der Waals surface area contributed by atoms with Gasteiger partial charge >= 0.3 is 0 Å². The average molecular weight is 312 g/mol. The van der Waals surface area contributed by atoms with Crippen molar-refractivity contribution in [3.8, 4) is 6.07 Å². The second-order valence-corrected chi connectivity index (χ2v) is 5.32. The molecule has 3 nitrogen and oxygen atoms in total. The van der Waals surface area contributed by atoms with Crippen LogP contribution in [0.3, 0.4) is 0 Å². The molecule has 1 heterocycles. The van der Waals surface area contributed by atoms with Crippen molar-refractivity contribution in [1.29, 1.82) is 5.26 Å². The molecule has 1 N–H and O–H groups in total. The third-order valence-corrected chi connectivity index (χ3v) is 3.80. The lowest BCUT2D eigenvalue weighted by atomic mass is 10.1. The Labute approximate surface area is 132 Å². The molecule has 0 fully saturated rings. The van der Waals surface area contributed by atoms with Crippen LogP contribution in [0.4, 0.5) is 15.8 Å². The van der Waals surface area contributed by atoms with Gasteiger partial charge in [0, 0.05) is 22.3 Å². The van der Waals surface area contributed by atoms with Crippen LogP contribution in [-0.4, -0.2) is 4.98 Å². The fourth-order valence-electron chi connectivity index (χ4n) is 2.20. The first-order valence-electron chi connectivity index (χ1n) is 6.60. The number of nitrogens with zero attached hydrogens (tertiary/aromatic N) is 2. The van der Waals surface area contributed by atoms with E-state index < -0.39 is 0 Å². The lowest BCUT2D eigenvalue weighted by Crippen LogP contribution is -1.97. The van der Waals surface area contributed by atoms with E-state index in [4.69, 9.17) is 11.6 Å². The third kappa shape index (κ3) is 2.59. The summed E-state index contributed by atoms with van der Waals surface area (Å²) >= 11 is 6.12. The Balaban J connectivity index is 2.17. The number of benzene rings is 2. The Morgan fingerprint density at radius 2 is 2.05 bits per heavy atom. The average Bonchev–Trinajstić information content (AvgIpc) is 2.51. The molecule has 5 heteroatoms. The summed E-state index contributed by atoms with van der Waals surface area (Å²) in [6.07, 6.45) is 1.47. The molecule has 108 valence electrons. The normalized spacial score (nSPS) is 10.5. The molecule has 3 rings (SSSR count). The van der Waals surface area contributed by atoms with Crippen LogP contribution in [-0.2, 0) is 0 Å². The van der Waals surface area contributed by atoms with Crippen LogP contribution < -0.4 is 5.32 Å². The highest BCUT2D eigenvalue weighted by Gasteiger charge is 2.10. The van der Waals surface area contributed by atoms with Crippen LogP contribution in [0.25, 0.3) is 10.9 Å². The Kier molecular flexibility index (Phi) is 3.66. The van der Waals surface area contributed by atoms with E-state index in [1.54, 1.807) is 12.1 Å². The summed E-state index contributed by atoms with van der Waals surface area (Å²) in [4.78, 5) is 4.17. The maximum atomic E-state index is 13.5. The summed E-state index contributed by atoms with van der Waals surface area (Å²) in [7, 11) is 0. The lowest BCUT2D eigenvalue weighted by molar-refractivity contribution is 0.629. The number of rotatable bonds is 2. The highest BCUT2D eigenvalue weighted by atomic mass is 35.5. The molecule has 0 saturated heterocycles. The summed E-state index contributed by atoms with van der Waals surface area (Å²) in [5.41, 5.74) is 3.16. The van der Waals surface area contributed by atoms with E-state index in [2.05, 4.69) is 16.4 Å². The largest absolute Gasteiger partial charge is 0.354 e. The fourth-order valence-corrected chi connectivity index (χ4v) is 2.38. The Bertz CT molecular complexity index is 916. The van der Waals surface area contributed by atoms with E-state index in [0.29, 0.717) is 27.2 Å². The van der Waals surface area contributed by atoms with Crippen LogP contribution in [0.5, 0.6) is 0 Å². The molecule has 3 aromatic rings. The molecule has 0 amide bonds. The number of fused-ring (bicyclic) bond motifs is 1. The zero-order chi connectivity index (χ0) is 15.7. The van der Waals surface area contributed by atoms with Gasteiger partial charge in [-0.25, -0.2) is 4.39 Å². The van der Waals surface area contributed by atoms with Gasteiger partial charge in [0.05, 0.1) is 16.8 Å². The molecule has 0 radical (unpaired) electrons. The van der Waals surface area contributed by atoms with Crippen molar-refractivity contribution in [2.45, 2.75) is 6.92 Å². The van der Waals surface area contributed by atoms with Crippen molar-refractivity contribution in [2.75, 3.05) is 5.32 Å². The minimum absolute atomic E-state index is 0.342. The number of aryl methyl sites for hydroxylation is 1. The molecule has 0 saturated carbocycles. The van der Waals surface area contributed by atoms with Crippen molar-refractivity contribution in [1.82, 2.24) is 4.98 Å². The molecule has 1 aromatic heterocycles. The Morgan fingerprint density at radius 3 is 2.77 bits per heavy atom. The number of pyridine rings is 1. The third-order valence-electron chi connectivity index (χ3n) is 3.39. The van der Waals surface area contributed by atoms with Gasteiger partial charge in [-0.05, 0) is 42.8 Å². The monoisotopic (exact) mass is 311 g/mol. The van der Waals surface area contributed by atoms with Gasteiger partial charge in [0.1, 0.15) is 11.9 Å². The standard InChI is InChI=1S/C17H11ClFN3/c1-10-2-4-13(7-15(10)18)22-17-11(8-20)9-21-16-5-3-12(19)6-14(16)17/h2-7,9H,1H3,(H,21,22). The quantitative estimate of drug-likeness (QED) is 0.728. The minimum atomic E-state index is -0.380. The number of aromatic nitrogens is 1. The second kappa shape index (κ2) is 5.63. The molecule has 0 spiro atoms. The first-order chi connectivity index (χ1) is 10.6. The number of halogens is 2. The first kappa shape index (κ1) is 14.3. The highest BCUT2D eigenvalue weighted by molar-refractivity contribution is 6.31. The Morgan fingerprint density at radius 1 is 1.23 bits per heavy atom. The van der Waals surface area contributed by atoms with E-state index in [1.165, 1.54) is 18.3 Å². The van der Waals surface area contributed by atoms with Crippen molar-refractivity contribution >= 4 is 33.9 Å². The second-order valence-electron chi connectivity index (χ2n) is 4.91. The maximum Gasteiger partial charge on any atom is 0.124 e. The molecular formula is C17H11ClFN3. The minimum Gasteiger partial charge on any atom is -0.354 e. The number of anilines is 2. The van der Waals surface area contributed by atoms with Gasteiger partial charge in [-0.1, -0.05) is 17.7 Å². The van der Waals surface area contributed by atoms with Crippen molar-refractivity contribution < 1.29 is 4.39 Å². The van der Waals surface area contributed by atoms with E-state index >= 15 is 0 Å². The van der Waals surface area contributed by atoms with Gasteiger partial charge in [-0.3, -0.25) is 4.98 Å². The lowest BCUT2D eigenvalue weighted by Gasteiger charge is -2.12. The zero-order valence-corrected chi connectivity index (χ0v) is 12.4. The van der Waals surface area contributed by atoms with E-state index in [1.807, 2.05) is 19.1 Å². The summed E-state index contributed by atoms with van der Waals surface area (Å²) in [6, 6.07) is 11.9. The molecule has 0 aliphatic rings. The predicted octanol–water partition coefficient (Wildman–Crippen LogP) is 4.95. The van der Waals surface area contributed by atoms with E-state index in [-0.39, 0.29) is 5.82 Å². The van der Waals surface area contributed by atoms with Crippen LogP contribution in [0.2, 0.25) is 5.02 Å². The first-order valence-corrected chi connectivity index (χ1v) is 6.98. The number of nitrogens with one attached hydrogen (secondary N) is 1.